The summed E-state index contributed by atoms with van der Waals surface area (Å²) in [5.41, 5.74) is 1.49. The molecule has 1 aromatic heterocycles. The van der Waals surface area contributed by atoms with Gasteiger partial charge in [0.2, 0.25) is 0 Å². The second-order valence-electron chi connectivity index (χ2n) is 5.53. The number of carbonyl (C=O) groups is 1. The maximum atomic E-state index is 11.6. The van der Waals surface area contributed by atoms with Crippen molar-refractivity contribution in [1.29, 1.82) is 0 Å². The minimum Gasteiger partial charge on any atom is -0.464 e. The highest BCUT2D eigenvalue weighted by Crippen LogP contribution is 2.20. The van der Waals surface area contributed by atoms with E-state index in [4.69, 9.17) is 9.15 Å². The summed E-state index contributed by atoms with van der Waals surface area (Å²) in [6.07, 6.45) is 1.22. The van der Waals surface area contributed by atoms with Crippen molar-refractivity contribution < 1.29 is 13.9 Å². The number of hydrogen-bond acceptors (Lipinski definition) is 3. The van der Waals surface area contributed by atoms with E-state index in [1.54, 1.807) is 6.26 Å². The van der Waals surface area contributed by atoms with Crippen LogP contribution < -0.4 is 5.32 Å². The minimum absolute atomic E-state index is 0.416. The lowest BCUT2D eigenvalue weighted by atomic mass is 10.1. The second-order valence-corrected chi connectivity index (χ2v) is 5.53. The van der Waals surface area contributed by atoms with Gasteiger partial charge in [-0.15, -0.1) is 0 Å². The summed E-state index contributed by atoms with van der Waals surface area (Å²) in [7, 11) is 0. The van der Waals surface area contributed by atoms with Gasteiger partial charge in [0, 0.05) is 12.1 Å². The number of carbonyl (C=O) groups excluding carboxylic acids is 1. The fraction of sp³-hybridized carbons (Fsp3) is 0.312. The summed E-state index contributed by atoms with van der Waals surface area (Å²) in [6, 6.07) is 11.6. The smallest absolute Gasteiger partial charge is 0.407 e. The van der Waals surface area contributed by atoms with E-state index in [9.17, 15) is 4.79 Å². The lowest BCUT2D eigenvalue weighted by Crippen LogP contribution is -2.32. The zero-order chi connectivity index (χ0) is 14.6. The molecule has 0 fully saturated rings. The highest BCUT2D eigenvalue weighted by atomic mass is 16.6. The van der Waals surface area contributed by atoms with Crippen LogP contribution in [0.4, 0.5) is 4.79 Å². The van der Waals surface area contributed by atoms with E-state index < -0.39 is 11.7 Å². The minimum atomic E-state index is -0.486. The van der Waals surface area contributed by atoms with Gasteiger partial charge in [-0.3, -0.25) is 0 Å². The Morgan fingerprint density at radius 2 is 2.05 bits per heavy atom. The van der Waals surface area contributed by atoms with Gasteiger partial charge in [0.15, 0.2) is 0 Å². The van der Waals surface area contributed by atoms with Crippen molar-refractivity contribution in [3.8, 4) is 11.3 Å². The first-order valence-corrected chi connectivity index (χ1v) is 6.54. The Balaban J connectivity index is 1.97. The maximum absolute atomic E-state index is 11.6. The van der Waals surface area contributed by atoms with Crippen molar-refractivity contribution in [3.05, 3.63) is 48.2 Å². The zero-order valence-electron chi connectivity index (χ0n) is 12.0. The van der Waals surface area contributed by atoms with Gasteiger partial charge in [-0.1, -0.05) is 18.2 Å². The SMILES string of the molecule is CC(C)(C)OC(=O)NCc1cccc(-c2ccco2)c1. The molecule has 1 N–H and O–H groups in total. The molecule has 0 bridgehead atoms. The zero-order valence-corrected chi connectivity index (χ0v) is 12.0. The third-order valence-electron chi connectivity index (χ3n) is 2.57. The number of ether oxygens (including phenoxy) is 1. The number of rotatable bonds is 3. The largest absolute Gasteiger partial charge is 0.464 e. The van der Waals surface area contributed by atoms with Crippen molar-refractivity contribution in [1.82, 2.24) is 5.32 Å². The van der Waals surface area contributed by atoms with Crippen LogP contribution in [0.1, 0.15) is 26.3 Å². The molecule has 4 heteroatoms. The van der Waals surface area contributed by atoms with E-state index in [2.05, 4.69) is 5.32 Å². The highest BCUT2D eigenvalue weighted by Gasteiger charge is 2.15. The Labute approximate surface area is 118 Å². The molecular formula is C16H19NO3. The first kappa shape index (κ1) is 14.2. The third-order valence-corrected chi connectivity index (χ3v) is 2.57. The van der Waals surface area contributed by atoms with Crippen LogP contribution in [0.5, 0.6) is 0 Å². The topological polar surface area (TPSA) is 51.5 Å². The van der Waals surface area contributed by atoms with E-state index >= 15 is 0 Å². The van der Waals surface area contributed by atoms with Crippen molar-refractivity contribution in [2.75, 3.05) is 0 Å². The predicted molar refractivity (Wildman–Crippen MR) is 77.2 cm³/mol. The van der Waals surface area contributed by atoms with Crippen LogP contribution in [0, 0.1) is 0 Å². The Morgan fingerprint density at radius 1 is 1.25 bits per heavy atom. The Bertz CT molecular complexity index is 568. The van der Waals surface area contributed by atoms with Crippen LogP contribution in [0.2, 0.25) is 0 Å². The number of benzene rings is 1. The highest BCUT2D eigenvalue weighted by molar-refractivity contribution is 5.68. The summed E-state index contributed by atoms with van der Waals surface area (Å²) in [5.74, 6) is 0.809. The molecule has 0 atom stereocenters. The standard InChI is InChI=1S/C16H19NO3/c1-16(2,3)20-15(18)17-11-12-6-4-7-13(10-12)14-8-5-9-19-14/h4-10H,11H2,1-3H3,(H,17,18). The van der Waals surface area contributed by atoms with Gasteiger partial charge in [-0.2, -0.15) is 0 Å². The predicted octanol–water partition coefficient (Wildman–Crippen LogP) is 3.97. The van der Waals surface area contributed by atoms with Crippen LogP contribution in [0.3, 0.4) is 0 Å². The van der Waals surface area contributed by atoms with E-state index in [1.165, 1.54) is 0 Å². The summed E-state index contributed by atoms with van der Waals surface area (Å²) in [5, 5.41) is 2.74. The molecule has 1 heterocycles. The Kier molecular flexibility index (Phi) is 4.13. The molecule has 0 aliphatic carbocycles. The van der Waals surface area contributed by atoms with Crippen molar-refractivity contribution in [2.24, 2.45) is 0 Å². The number of nitrogens with one attached hydrogen (secondary N) is 1. The van der Waals surface area contributed by atoms with E-state index in [0.29, 0.717) is 6.54 Å². The fourth-order valence-corrected chi connectivity index (χ4v) is 1.77. The molecule has 0 radical (unpaired) electrons. The monoisotopic (exact) mass is 273 g/mol. The molecule has 4 nitrogen and oxygen atoms in total. The first-order chi connectivity index (χ1) is 9.44. The molecule has 2 aromatic rings. The molecule has 0 unspecified atom stereocenters. The molecule has 1 amide bonds. The molecule has 0 saturated heterocycles. The molecule has 0 aliphatic rings. The van der Waals surface area contributed by atoms with E-state index in [-0.39, 0.29) is 0 Å². The van der Waals surface area contributed by atoms with Crippen LogP contribution >= 0.6 is 0 Å². The summed E-state index contributed by atoms with van der Waals surface area (Å²) in [6.45, 7) is 5.93. The van der Waals surface area contributed by atoms with Gasteiger partial charge in [0.05, 0.1) is 6.26 Å². The summed E-state index contributed by atoms with van der Waals surface area (Å²) >= 11 is 0. The molecule has 106 valence electrons. The van der Waals surface area contributed by atoms with Gasteiger partial charge in [0.1, 0.15) is 11.4 Å². The number of alkyl carbamates (subject to hydrolysis) is 1. The lowest BCUT2D eigenvalue weighted by molar-refractivity contribution is 0.0523. The van der Waals surface area contributed by atoms with Crippen LogP contribution in [0.15, 0.2) is 47.1 Å². The van der Waals surface area contributed by atoms with Gasteiger partial charge in [-0.25, -0.2) is 4.79 Å². The average Bonchev–Trinajstić information content (AvgIpc) is 2.88. The van der Waals surface area contributed by atoms with Gasteiger partial charge in [0.25, 0.3) is 0 Å². The molecule has 20 heavy (non-hydrogen) atoms. The van der Waals surface area contributed by atoms with Gasteiger partial charge >= 0.3 is 6.09 Å². The maximum Gasteiger partial charge on any atom is 0.407 e. The third kappa shape index (κ3) is 4.16. The van der Waals surface area contributed by atoms with Crippen molar-refractivity contribution >= 4 is 6.09 Å². The second kappa shape index (κ2) is 5.82. The Hall–Kier alpha value is -2.23. The van der Waals surface area contributed by atoms with Crippen molar-refractivity contribution in [3.63, 3.8) is 0 Å². The molecule has 1 aromatic carbocycles. The molecular weight excluding hydrogens is 254 g/mol. The fourth-order valence-electron chi connectivity index (χ4n) is 1.77. The number of furan rings is 1. The molecule has 0 aliphatic heterocycles. The summed E-state index contributed by atoms with van der Waals surface area (Å²) in [4.78, 5) is 11.6. The van der Waals surface area contributed by atoms with E-state index in [0.717, 1.165) is 16.9 Å². The Morgan fingerprint density at radius 3 is 2.70 bits per heavy atom. The quantitative estimate of drug-likeness (QED) is 0.920. The van der Waals surface area contributed by atoms with Crippen molar-refractivity contribution in [2.45, 2.75) is 32.9 Å². The van der Waals surface area contributed by atoms with Gasteiger partial charge in [-0.05, 0) is 44.5 Å². The summed E-state index contributed by atoms with van der Waals surface area (Å²) < 4.78 is 10.5. The van der Waals surface area contributed by atoms with Gasteiger partial charge < -0.3 is 14.5 Å². The van der Waals surface area contributed by atoms with Crippen LogP contribution in [-0.2, 0) is 11.3 Å². The number of amides is 1. The van der Waals surface area contributed by atoms with Crippen LogP contribution in [-0.4, -0.2) is 11.7 Å². The first-order valence-electron chi connectivity index (χ1n) is 6.54. The molecule has 0 saturated carbocycles. The average molecular weight is 273 g/mol. The normalized spacial score (nSPS) is 11.2. The molecule has 0 spiro atoms. The molecule has 2 rings (SSSR count). The number of hydrogen-bond donors (Lipinski definition) is 1. The van der Waals surface area contributed by atoms with Crippen LogP contribution in [0.25, 0.3) is 11.3 Å². The van der Waals surface area contributed by atoms with E-state index in [1.807, 2.05) is 57.2 Å². The lowest BCUT2D eigenvalue weighted by Gasteiger charge is -2.19.